The largest absolute Gasteiger partial charge is 0.481 e. The van der Waals surface area contributed by atoms with Crippen LogP contribution in [0.5, 0.6) is 0 Å². The summed E-state index contributed by atoms with van der Waals surface area (Å²) in [6, 6.07) is 0. The molecule has 11 atom stereocenters. The van der Waals surface area contributed by atoms with E-state index in [-0.39, 0.29) is 29.9 Å². The Morgan fingerprint density at radius 3 is 2.32 bits per heavy atom. The third kappa shape index (κ3) is 3.54. The van der Waals surface area contributed by atoms with E-state index in [9.17, 15) is 39.6 Å². The first-order valence-corrected chi connectivity index (χ1v) is 13.6. The molecule has 0 heterocycles. The zero-order chi connectivity index (χ0) is 28.7. The van der Waals surface area contributed by atoms with Crippen LogP contribution in [0.25, 0.3) is 0 Å². The number of aliphatic carboxylic acids is 2. The Bertz CT molecular complexity index is 1170. The van der Waals surface area contributed by atoms with Crippen molar-refractivity contribution in [3.63, 3.8) is 0 Å². The van der Waals surface area contributed by atoms with E-state index in [1.165, 1.54) is 6.08 Å². The lowest BCUT2D eigenvalue weighted by Crippen LogP contribution is -2.69. The molecule has 0 aromatic rings. The third-order valence-electron chi connectivity index (χ3n) is 10.1. The number of carbonyl (C=O) groups excluding carboxylic acids is 2. The monoisotopic (exact) mass is 594 g/mol. The molecule has 4 rings (SSSR count). The molecule has 38 heavy (non-hydrogen) atoms. The molecule has 0 amide bonds. The van der Waals surface area contributed by atoms with Gasteiger partial charge in [-0.15, -0.1) is 23.2 Å². The van der Waals surface area contributed by atoms with Crippen molar-refractivity contribution in [2.45, 2.75) is 75.1 Å². The topological polar surface area (TPSA) is 149 Å². The molecule has 2 unspecified atom stereocenters. The average Bonchev–Trinajstić information content (AvgIpc) is 3.03. The minimum absolute atomic E-state index is 0.112. The number of carboxylic acids is 2. The Morgan fingerprint density at radius 1 is 1.16 bits per heavy atom. The van der Waals surface area contributed by atoms with Gasteiger partial charge in [-0.25, -0.2) is 9.18 Å². The van der Waals surface area contributed by atoms with Gasteiger partial charge in [0.2, 0.25) is 0 Å². The molecule has 210 valence electrons. The van der Waals surface area contributed by atoms with Crippen LogP contribution in [0.1, 0.15) is 46.5 Å². The zero-order valence-electron chi connectivity index (χ0n) is 21.0. The van der Waals surface area contributed by atoms with Gasteiger partial charge in [0.05, 0.1) is 27.1 Å². The number of carbonyl (C=O) groups is 4. The van der Waals surface area contributed by atoms with Crippen LogP contribution in [0.4, 0.5) is 4.39 Å². The summed E-state index contributed by atoms with van der Waals surface area (Å²) in [6.45, 7) is 4.79. The van der Waals surface area contributed by atoms with Crippen molar-refractivity contribution in [2.75, 3.05) is 0 Å². The highest BCUT2D eigenvalue weighted by Gasteiger charge is 2.78. The maximum atomic E-state index is 15.8. The standard InChI is InChI=1S/C26H30Cl3FO8/c1-10-4-11-12-5-15(30)13-6-16(31)14(27)8-24(13,3)26(12,29)18(28)9-23(11,2)25(10,21(36)22(37)38)20(35)17(32)7-19(33)34/h6,8,10-12,15,17-18,21,32,36H,4-5,7,9H2,1-3H3,(H,33,34)(H,37,38)/t10-,11-,12-,15+,17?,18-,21?,23-,24-,25+,26-/m0/s1. The lowest BCUT2D eigenvalue weighted by atomic mass is 9.43. The van der Waals surface area contributed by atoms with Crippen molar-refractivity contribution in [1.82, 2.24) is 0 Å². The Morgan fingerprint density at radius 2 is 1.76 bits per heavy atom. The molecule has 0 bridgehead atoms. The molecule has 4 aliphatic rings. The van der Waals surface area contributed by atoms with Crippen molar-refractivity contribution < 1.29 is 44.0 Å². The van der Waals surface area contributed by atoms with E-state index in [1.807, 2.05) is 0 Å². The fourth-order valence-electron chi connectivity index (χ4n) is 8.55. The van der Waals surface area contributed by atoms with Gasteiger partial charge in [0, 0.05) is 5.41 Å². The van der Waals surface area contributed by atoms with Crippen LogP contribution in [-0.2, 0) is 19.2 Å². The summed E-state index contributed by atoms with van der Waals surface area (Å²) >= 11 is 20.6. The highest BCUT2D eigenvalue weighted by atomic mass is 35.5. The van der Waals surface area contributed by atoms with Crippen LogP contribution in [0.15, 0.2) is 22.8 Å². The average molecular weight is 596 g/mol. The van der Waals surface area contributed by atoms with Gasteiger partial charge in [0.25, 0.3) is 0 Å². The molecule has 0 aromatic carbocycles. The Labute approximate surface area is 233 Å². The Hall–Kier alpha value is -1.52. The van der Waals surface area contributed by atoms with Gasteiger partial charge in [-0.2, -0.15) is 0 Å². The molecule has 4 aliphatic carbocycles. The summed E-state index contributed by atoms with van der Waals surface area (Å²) < 4.78 is 15.8. The van der Waals surface area contributed by atoms with Crippen LogP contribution in [0.3, 0.4) is 0 Å². The van der Waals surface area contributed by atoms with Gasteiger partial charge in [-0.05, 0) is 60.2 Å². The number of aliphatic hydroxyl groups is 2. The first-order valence-electron chi connectivity index (χ1n) is 12.4. The SMILES string of the molecule is C[C@H]1C[C@H]2[C@@H]3C[C@@H](F)C4=CC(=O)C(Cl)=C[C@]4(C)[C@@]3(Cl)[C@@H](Cl)C[C@]2(C)[C@]1(C(=O)C(O)CC(=O)O)C(O)C(=O)O. The van der Waals surface area contributed by atoms with Crippen LogP contribution in [0, 0.1) is 34.0 Å². The smallest absolute Gasteiger partial charge is 0.333 e. The molecule has 0 saturated heterocycles. The van der Waals surface area contributed by atoms with E-state index in [0.717, 1.165) is 6.08 Å². The van der Waals surface area contributed by atoms with Crippen molar-refractivity contribution in [3.05, 3.63) is 22.8 Å². The number of allylic oxidation sites excluding steroid dienone is 4. The number of carboxylic acid groups (broad SMARTS) is 2. The lowest BCUT2D eigenvalue weighted by Gasteiger charge is -2.65. The third-order valence-corrected chi connectivity index (χ3v) is 11.9. The summed E-state index contributed by atoms with van der Waals surface area (Å²) in [5, 5.41) is 39.6. The molecule has 12 heteroatoms. The molecular weight excluding hydrogens is 566 g/mol. The summed E-state index contributed by atoms with van der Waals surface area (Å²) in [4.78, 5) is 48.2. The van der Waals surface area contributed by atoms with Crippen molar-refractivity contribution >= 4 is 58.3 Å². The number of ketones is 2. The van der Waals surface area contributed by atoms with Crippen LogP contribution >= 0.6 is 34.8 Å². The molecule has 8 nitrogen and oxygen atoms in total. The molecular formula is C26H30Cl3FO8. The number of aliphatic hydroxyl groups excluding tert-OH is 2. The number of fused-ring (bicyclic) bond motifs is 5. The maximum absolute atomic E-state index is 15.8. The first-order chi connectivity index (χ1) is 17.4. The van der Waals surface area contributed by atoms with Crippen molar-refractivity contribution in [1.29, 1.82) is 0 Å². The summed E-state index contributed by atoms with van der Waals surface area (Å²) in [6.07, 6.45) is -4.58. The zero-order valence-corrected chi connectivity index (χ0v) is 23.2. The molecule has 3 saturated carbocycles. The van der Waals surface area contributed by atoms with Crippen molar-refractivity contribution in [2.24, 2.45) is 34.0 Å². The number of rotatable bonds is 6. The molecule has 0 spiro atoms. The first kappa shape index (κ1) is 29.5. The van der Waals surface area contributed by atoms with Gasteiger partial charge < -0.3 is 20.4 Å². The normalized spacial score (nSPS) is 45.6. The van der Waals surface area contributed by atoms with E-state index >= 15 is 4.39 Å². The van der Waals surface area contributed by atoms with E-state index in [1.54, 1.807) is 20.8 Å². The number of hydrogen-bond donors (Lipinski definition) is 4. The maximum Gasteiger partial charge on any atom is 0.333 e. The summed E-state index contributed by atoms with van der Waals surface area (Å²) in [7, 11) is 0. The number of Topliss-reactive ketones (excluding diaryl/α,β-unsaturated/α-hetero) is 1. The second kappa shape index (κ2) is 9.26. The predicted octanol–water partition coefficient (Wildman–Crippen LogP) is 3.47. The Kier molecular flexibility index (Phi) is 7.18. The minimum atomic E-state index is -2.30. The lowest BCUT2D eigenvalue weighted by molar-refractivity contribution is -0.185. The van der Waals surface area contributed by atoms with E-state index < -0.39 is 92.6 Å². The van der Waals surface area contributed by atoms with E-state index in [2.05, 4.69) is 0 Å². The number of halogens is 4. The fourth-order valence-corrected chi connectivity index (χ4v) is 10.0. The van der Waals surface area contributed by atoms with Gasteiger partial charge in [-0.1, -0.05) is 32.4 Å². The molecule has 3 fully saturated rings. The van der Waals surface area contributed by atoms with E-state index in [0.29, 0.717) is 0 Å². The quantitative estimate of drug-likeness (QED) is 0.341. The molecule has 0 aromatic heterocycles. The molecule has 4 N–H and O–H groups in total. The van der Waals surface area contributed by atoms with Gasteiger partial charge in [0.15, 0.2) is 17.7 Å². The van der Waals surface area contributed by atoms with E-state index in [4.69, 9.17) is 34.8 Å². The highest BCUT2D eigenvalue weighted by molar-refractivity contribution is 6.45. The Balaban J connectivity index is 1.92. The molecule has 0 aliphatic heterocycles. The van der Waals surface area contributed by atoms with Crippen LogP contribution in [-0.4, -0.2) is 72.6 Å². The summed E-state index contributed by atoms with van der Waals surface area (Å²) in [5.74, 6) is -7.13. The van der Waals surface area contributed by atoms with Crippen LogP contribution < -0.4 is 0 Å². The number of alkyl halides is 3. The second-order valence-electron chi connectivity index (χ2n) is 11.7. The number of hydrogen-bond acceptors (Lipinski definition) is 6. The predicted molar refractivity (Wildman–Crippen MR) is 136 cm³/mol. The highest BCUT2D eigenvalue weighted by Crippen LogP contribution is 2.75. The van der Waals surface area contributed by atoms with Gasteiger partial charge >= 0.3 is 11.9 Å². The van der Waals surface area contributed by atoms with Gasteiger partial charge in [0.1, 0.15) is 12.3 Å². The minimum Gasteiger partial charge on any atom is -0.481 e. The van der Waals surface area contributed by atoms with Crippen LogP contribution in [0.2, 0.25) is 0 Å². The second-order valence-corrected chi connectivity index (χ2v) is 13.2. The fraction of sp³-hybridized carbons (Fsp3) is 0.692. The van der Waals surface area contributed by atoms with Crippen molar-refractivity contribution in [3.8, 4) is 0 Å². The van der Waals surface area contributed by atoms with Gasteiger partial charge in [-0.3, -0.25) is 14.4 Å². The summed E-state index contributed by atoms with van der Waals surface area (Å²) in [5.41, 5.74) is -4.69. The molecule has 0 radical (unpaired) electrons.